The summed E-state index contributed by atoms with van der Waals surface area (Å²) in [6.45, 7) is 2.01. The third-order valence-electron chi connectivity index (χ3n) is 4.06. The lowest BCUT2D eigenvalue weighted by atomic mass is 9.88. The quantitative estimate of drug-likeness (QED) is 0.624. The Morgan fingerprint density at radius 1 is 1.38 bits per heavy atom. The lowest BCUT2D eigenvalue weighted by Gasteiger charge is -2.41. The minimum atomic E-state index is -0.393. The standard InChI is InChI=1S/C15H18N4O2/c1-17-9-13(10-17)15(7-12-5-3-2-4-6-12)18-11-14(8-16-18)19(20)21/h2-6,8,11,13,15H,7,9-10H2,1H3. The van der Waals surface area contributed by atoms with Gasteiger partial charge in [-0.25, -0.2) is 0 Å². The number of benzene rings is 1. The Bertz CT molecular complexity index is 620. The Kier molecular flexibility index (Phi) is 3.70. The lowest BCUT2D eigenvalue weighted by Crippen LogP contribution is -2.48. The number of nitrogens with zero attached hydrogens (tertiary/aromatic N) is 4. The minimum absolute atomic E-state index is 0.0562. The largest absolute Gasteiger partial charge is 0.307 e. The first-order chi connectivity index (χ1) is 10.1. The van der Waals surface area contributed by atoms with Crippen molar-refractivity contribution in [2.24, 2.45) is 5.92 Å². The molecule has 2 heterocycles. The van der Waals surface area contributed by atoms with E-state index in [9.17, 15) is 10.1 Å². The number of nitro groups is 1. The molecular weight excluding hydrogens is 268 g/mol. The van der Waals surface area contributed by atoms with E-state index in [2.05, 4.69) is 29.2 Å². The van der Waals surface area contributed by atoms with E-state index in [0.717, 1.165) is 19.5 Å². The summed E-state index contributed by atoms with van der Waals surface area (Å²) < 4.78 is 1.77. The van der Waals surface area contributed by atoms with Crippen molar-refractivity contribution in [3.05, 3.63) is 58.4 Å². The maximum Gasteiger partial charge on any atom is 0.307 e. The summed E-state index contributed by atoms with van der Waals surface area (Å²) in [5, 5.41) is 15.1. The highest BCUT2D eigenvalue weighted by Gasteiger charge is 2.33. The van der Waals surface area contributed by atoms with Gasteiger partial charge < -0.3 is 4.90 Å². The van der Waals surface area contributed by atoms with Gasteiger partial charge in [0.05, 0.1) is 11.0 Å². The fourth-order valence-corrected chi connectivity index (χ4v) is 2.93. The molecule has 0 radical (unpaired) electrons. The average Bonchev–Trinajstić information content (AvgIpc) is 2.93. The van der Waals surface area contributed by atoms with E-state index in [1.807, 2.05) is 18.2 Å². The summed E-state index contributed by atoms with van der Waals surface area (Å²) in [6.07, 6.45) is 3.73. The number of aromatic nitrogens is 2. The van der Waals surface area contributed by atoms with Crippen molar-refractivity contribution in [1.29, 1.82) is 0 Å². The van der Waals surface area contributed by atoms with Crippen molar-refractivity contribution in [2.75, 3.05) is 20.1 Å². The van der Waals surface area contributed by atoms with Crippen LogP contribution in [-0.4, -0.2) is 39.7 Å². The number of hydrogen-bond acceptors (Lipinski definition) is 4. The van der Waals surface area contributed by atoms with E-state index in [1.54, 1.807) is 10.9 Å². The second-order valence-corrected chi connectivity index (χ2v) is 5.67. The minimum Gasteiger partial charge on any atom is -0.306 e. The Labute approximate surface area is 123 Å². The summed E-state index contributed by atoms with van der Waals surface area (Å²) in [5.74, 6) is 0.481. The predicted octanol–water partition coefficient (Wildman–Crippen LogP) is 2.14. The van der Waals surface area contributed by atoms with Gasteiger partial charge in [-0.2, -0.15) is 5.10 Å². The number of rotatable bonds is 5. The van der Waals surface area contributed by atoms with E-state index < -0.39 is 4.92 Å². The first kappa shape index (κ1) is 13.8. The summed E-state index contributed by atoms with van der Waals surface area (Å²) >= 11 is 0. The van der Waals surface area contributed by atoms with E-state index in [-0.39, 0.29) is 11.7 Å². The van der Waals surface area contributed by atoms with Gasteiger partial charge in [-0.15, -0.1) is 0 Å². The summed E-state index contributed by atoms with van der Waals surface area (Å²) in [7, 11) is 2.08. The van der Waals surface area contributed by atoms with Crippen LogP contribution in [0.2, 0.25) is 0 Å². The van der Waals surface area contributed by atoms with Crippen LogP contribution in [0.3, 0.4) is 0 Å². The van der Waals surface area contributed by atoms with E-state index in [1.165, 1.54) is 11.8 Å². The topological polar surface area (TPSA) is 64.2 Å². The third-order valence-corrected chi connectivity index (χ3v) is 4.06. The molecule has 0 saturated carbocycles. The van der Waals surface area contributed by atoms with Crippen molar-refractivity contribution < 1.29 is 4.92 Å². The average molecular weight is 286 g/mol. The highest BCUT2D eigenvalue weighted by molar-refractivity contribution is 5.22. The summed E-state index contributed by atoms with van der Waals surface area (Å²) in [5.41, 5.74) is 1.29. The highest BCUT2D eigenvalue weighted by atomic mass is 16.6. The van der Waals surface area contributed by atoms with Crippen molar-refractivity contribution in [3.8, 4) is 0 Å². The Hall–Kier alpha value is -2.21. The van der Waals surface area contributed by atoms with Crippen LogP contribution in [-0.2, 0) is 6.42 Å². The Morgan fingerprint density at radius 3 is 2.67 bits per heavy atom. The fraction of sp³-hybridized carbons (Fsp3) is 0.400. The van der Waals surface area contributed by atoms with Crippen LogP contribution in [0.4, 0.5) is 5.69 Å². The lowest BCUT2D eigenvalue weighted by molar-refractivity contribution is -0.385. The van der Waals surface area contributed by atoms with Crippen LogP contribution in [0.5, 0.6) is 0 Å². The first-order valence-electron chi connectivity index (χ1n) is 7.04. The molecule has 1 unspecified atom stereocenters. The fourth-order valence-electron chi connectivity index (χ4n) is 2.93. The maximum absolute atomic E-state index is 10.8. The molecule has 1 saturated heterocycles. The zero-order valence-corrected chi connectivity index (χ0v) is 11.9. The van der Waals surface area contributed by atoms with Crippen LogP contribution in [0, 0.1) is 16.0 Å². The van der Waals surface area contributed by atoms with Gasteiger partial charge in [0.2, 0.25) is 0 Å². The molecule has 0 aliphatic carbocycles. The van der Waals surface area contributed by atoms with Crippen molar-refractivity contribution in [2.45, 2.75) is 12.5 Å². The van der Waals surface area contributed by atoms with E-state index in [0.29, 0.717) is 5.92 Å². The Balaban J connectivity index is 1.83. The highest BCUT2D eigenvalue weighted by Crippen LogP contribution is 2.30. The van der Waals surface area contributed by atoms with Gasteiger partial charge in [0, 0.05) is 19.0 Å². The maximum atomic E-state index is 10.8. The molecule has 1 aromatic heterocycles. The molecule has 0 spiro atoms. The van der Waals surface area contributed by atoms with Gasteiger partial charge in [-0.3, -0.25) is 14.8 Å². The van der Waals surface area contributed by atoms with Crippen molar-refractivity contribution in [1.82, 2.24) is 14.7 Å². The molecule has 21 heavy (non-hydrogen) atoms. The zero-order valence-electron chi connectivity index (χ0n) is 11.9. The predicted molar refractivity (Wildman–Crippen MR) is 79.1 cm³/mol. The van der Waals surface area contributed by atoms with Crippen LogP contribution in [0.1, 0.15) is 11.6 Å². The second kappa shape index (κ2) is 5.65. The molecule has 1 atom stereocenters. The summed E-state index contributed by atoms with van der Waals surface area (Å²) in [4.78, 5) is 12.7. The summed E-state index contributed by atoms with van der Waals surface area (Å²) in [6, 6.07) is 10.4. The SMILES string of the molecule is CN1CC(C(Cc2ccccc2)n2cc([N+](=O)[O-])cn2)C1. The molecule has 0 bridgehead atoms. The van der Waals surface area contributed by atoms with Crippen LogP contribution >= 0.6 is 0 Å². The molecule has 0 N–H and O–H groups in total. The molecule has 0 amide bonds. The zero-order chi connectivity index (χ0) is 14.8. The Morgan fingerprint density at radius 2 is 2.10 bits per heavy atom. The normalized spacial score (nSPS) is 17.4. The molecular formula is C15H18N4O2. The van der Waals surface area contributed by atoms with Gasteiger partial charge in [-0.1, -0.05) is 30.3 Å². The smallest absolute Gasteiger partial charge is 0.306 e. The van der Waals surface area contributed by atoms with E-state index >= 15 is 0 Å². The van der Waals surface area contributed by atoms with Crippen molar-refractivity contribution >= 4 is 5.69 Å². The molecule has 1 aliphatic rings. The molecule has 2 aromatic rings. The molecule has 1 aliphatic heterocycles. The number of likely N-dealkylation sites (tertiary alicyclic amines) is 1. The molecule has 110 valence electrons. The van der Waals surface area contributed by atoms with Crippen molar-refractivity contribution in [3.63, 3.8) is 0 Å². The molecule has 1 fully saturated rings. The molecule has 6 nitrogen and oxygen atoms in total. The molecule has 3 rings (SSSR count). The van der Waals surface area contributed by atoms with Crippen LogP contribution in [0.15, 0.2) is 42.7 Å². The third kappa shape index (κ3) is 2.95. The van der Waals surface area contributed by atoms with Gasteiger partial charge in [-0.05, 0) is 19.0 Å². The van der Waals surface area contributed by atoms with Gasteiger partial charge in [0.15, 0.2) is 0 Å². The van der Waals surface area contributed by atoms with Gasteiger partial charge in [0.25, 0.3) is 0 Å². The van der Waals surface area contributed by atoms with Crippen LogP contribution in [0.25, 0.3) is 0 Å². The molecule has 1 aromatic carbocycles. The first-order valence-corrected chi connectivity index (χ1v) is 7.04. The second-order valence-electron chi connectivity index (χ2n) is 5.67. The van der Waals surface area contributed by atoms with Gasteiger partial charge in [0.1, 0.15) is 12.4 Å². The van der Waals surface area contributed by atoms with Crippen LogP contribution < -0.4 is 0 Å². The molecule has 6 heteroatoms. The monoisotopic (exact) mass is 286 g/mol. The number of hydrogen-bond donors (Lipinski definition) is 0. The van der Waals surface area contributed by atoms with E-state index in [4.69, 9.17) is 0 Å². The van der Waals surface area contributed by atoms with Gasteiger partial charge >= 0.3 is 5.69 Å².